The zero-order valence-electron chi connectivity index (χ0n) is 12.9. The van der Waals surface area contributed by atoms with E-state index in [-0.39, 0.29) is 17.9 Å². The number of ether oxygens (including phenoxy) is 1. The predicted molar refractivity (Wildman–Crippen MR) is 79.6 cm³/mol. The van der Waals surface area contributed by atoms with Crippen LogP contribution in [-0.4, -0.2) is 57.8 Å². The van der Waals surface area contributed by atoms with Gasteiger partial charge in [-0.2, -0.15) is 0 Å². The number of hydrogen-bond acceptors (Lipinski definition) is 4. The lowest BCUT2D eigenvalue weighted by Crippen LogP contribution is -3.14. The molecule has 3 N–H and O–H groups in total. The van der Waals surface area contributed by atoms with E-state index in [0.717, 1.165) is 25.9 Å². The Hall–Kier alpha value is -1.86. The van der Waals surface area contributed by atoms with Crippen molar-refractivity contribution in [2.24, 2.45) is 0 Å². The summed E-state index contributed by atoms with van der Waals surface area (Å²) in [5, 5.41) is 5.80. The van der Waals surface area contributed by atoms with E-state index in [9.17, 15) is 9.59 Å². The van der Waals surface area contributed by atoms with Gasteiger partial charge in [-0.15, -0.1) is 0 Å². The molecule has 0 bridgehead atoms. The fourth-order valence-electron chi connectivity index (χ4n) is 2.59. The topological polar surface area (TPSA) is 85.0 Å². The lowest BCUT2D eigenvalue weighted by molar-refractivity contribution is -0.897. The summed E-state index contributed by atoms with van der Waals surface area (Å²) in [6, 6.07) is 3.50. The van der Waals surface area contributed by atoms with Crippen LogP contribution in [0.1, 0.15) is 23.4 Å². The number of quaternary nitrogens is 1. The van der Waals surface area contributed by atoms with Crippen LogP contribution in [0.4, 0.5) is 0 Å². The Labute approximate surface area is 130 Å². The average molecular weight is 310 g/mol. The Morgan fingerprint density at radius 3 is 2.82 bits per heavy atom. The molecule has 1 aliphatic rings. The molecule has 0 aliphatic carbocycles. The SMILES string of the molecule is COCCNC(=O)C[NH+]1CCC(NC(=O)c2ccco2)CC1. The quantitative estimate of drug-likeness (QED) is 0.554. The van der Waals surface area contributed by atoms with E-state index in [0.29, 0.717) is 25.5 Å². The van der Waals surface area contributed by atoms with Crippen LogP contribution in [0.3, 0.4) is 0 Å². The summed E-state index contributed by atoms with van der Waals surface area (Å²) < 4.78 is 9.97. The molecule has 7 nitrogen and oxygen atoms in total. The Bertz CT molecular complexity index is 467. The smallest absolute Gasteiger partial charge is 0.287 e. The van der Waals surface area contributed by atoms with Crippen molar-refractivity contribution in [3.8, 4) is 0 Å². The molecule has 22 heavy (non-hydrogen) atoms. The largest absolute Gasteiger partial charge is 0.459 e. The number of furan rings is 1. The van der Waals surface area contributed by atoms with Crippen molar-refractivity contribution < 1.29 is 23.6 Å². The van der Waals surface area contributed by atoms with Gasteiger partial charge in [0.15, 0.2) is 12.3 Å². The molecule has 0 atom stereocenters. The monoisotopic (exact) mass is 310 g/mol. The molecule has 2 heterocycles. The average Bonchev–Trinajstić information content (AvgIpc) is 3.04. The lowest BCUT2D eigenvalue weighted by atomic mass is 10.0. The van der Waals surface area contributed by atoms with E-state index in [2.05, 4.69) is 10.6 Å². The molecule has 0 radical (unpaired) electrons. The lowest BCUT2D eigenvalue weighted by Gasteiger charge is -2.29. The van der Waals surface area contributed by atoms with Gasteiger partial charge >= 0.3 is 0 Å². The minimum absolute atomic E-state index is 0.0464. The molecule has 0 aromatic carbocycles. The minimum Gasteiger partial charge on any atom is -0.459 e. The van der Waals surface area contributed by atoms with Crippen molar-refractivity contribution in [3.63, 3.8) is 0 Å². The minimum atomic E-state index is -0.171. The van der Waals surface area contributed by atoms with Gasteiger partial charge in [0.2, 0.25) is 0 Å². The highest BCUT2D eigenvalue weighted by Gasteiger charge is 2.25. The first-order chi connectivity index (χ1) is 10.7. The summed E-state index contributed by atoms with van der Waals surface area (Å²) in [6.07, 6.45) is 3.23. The summed E-state index contributed by atoms with van der Waals surface area (Å²) in [6.45, 7) is 3.30. The van der Waals surface area contributed by atoms with Crippen molar-refractivity contribution in [2.75, 3.05) is 39.9 Å². The van der Waals surface area contributed by atoms with Gasteiger partial charge in [0, 0.05) is 32.5 Å². The molecule has 7 heteroatoms. The van der Waals surface area contributed by atoms with Crippen LogP contribution in [0.15, 0.2) is 22.8 Å². The molecular weight excluding hydrogens is 286 g/mol. The first-order valence-electron chi connectivity index (χ1n) is 7.62. The highest BCUT2D eigenvalue weighted by atomic mass is 16.5. The fourth-order valence-corrected chi connectivity index (χ4v) is 2.59. The molecular formula is C15H24N3O4+. The van der Waals surface area contributed by atoms with Gasteiger partial charge < -0.3 is 24.7 Å². The highest BCUT2D eigenvalue weighted by Crippen LogP contribution is 2.04. The molecule has 2 amide bonds. The number of amides is 2. The zero-order chi connectivity index (χ0) is 15.8. The summed E-state index contributed by atoms with van der Waals surface area (Å²) in [5.41, 5.74) is 0. The first-order valence-corrected chi connectivity index (χ1v) is 7.62. The third kappa shape index (κ3) is 5.16. The van der Waals surface area contributed by atoms with Crippen LogP contribution >= 0.6 is 0 Å². The molecule has 2 rings (SSSR count). The van der Waals surface area contributed by atoms with Gasteiger partial charge in [-0.05, 0) is 12.1 Å². The van der Waals surface area contributed by atoms with Crippen molar-refractivity contribution in [1.29, 1.82) is 0 Å². The number of nitrogens with one attached hydrogen (secondary N) is 3. The molecule has 1 aromatic heterocycles. The van der Waals surface area contributed by atoms with Crippen molar-refractivity contribution in [1.82, 2.24) is 10.6 Å². The second kappa shape index (κ2) is 8.55. The molecule has 1 fully saturated rings. The summed E-state index contributed by atoms with van der Waals surface area (Å²) in [5.74, 6) is 0.216. The van der Waals surface area contributed by atoms with E-state index < -0.39 is 0 Å². The van der Waals surface area contributed by atoms with Gasteiger partial charge in [-0.25, -0.2) is 0 Å². The maximum Gasteiger partial charge on any atom is 0.287 e. The van der Waals surface area contributed by atoms with E-state index in [1.807, 2.05) is 0 Å². The van der Waals surface area contributed by atoms with Gasteiger partial charge in [-0.1, -0.05) is 0 Å². The van der Waals surface area contributed by atoms with E-state index in [1.54, 1.807) is 19.2 Å². The van der Waals surface area contributed by atoms with Crippen LogP contribution < -0.4 is 15.5 Å². The number of likely N-dealkylation sites (tertiary alicyclic amines) is 1. The maximum absolute atomic E-state index is 11.9. The normalized spacial score (nSPS) is 21.3. The van der Waals surface area contributed by atoms with E-state index in [4.69, 9.17) is 9.15 Å². The number of methoxy groups -OCH3 is 1. The summed E-state index contributed by atoms with van der Waals surface area (Å²) in [4.78, 5) is 24.9. The number of hydrogen-bond donors (Lipinski definition) is 3. The van der Waals surface area contributed by atoms with Crippen LogP contribution in [0.25, 0.3) is 0 Å². The first kappa shape index (κ1) is 16.5. The van der Waals surface area contributed by atoms with Crippen LogP contribution in [0.2, 0.25) is 0 Å². The molecule has 1 aromatic rings. The third-order valence-corrected chi connectivity index (χ3v) is 3.81. The molecule has 0 spiro atoms. The molecule has 1 aliphatic heterocycles. The molecule has 1 saturated heterocycles. The van der Waals surface area contributed by atoms with E-state index in [1.165, 1.54) is 11.2 Å². The van der Waals surface area contributed by atoms with Gasteiger partial charge in [0.25, 0.3) is 11.8 Å². The van der Waals surface area contributed by atoms with Crippen LogP contribution in [0, 0.1) is 0 Å². The Morgan fingerprint density at radius 2 is 2.18 bits per heavy atom. The van der Waals surface area contributed by atoms with Gasteiger partial charge in [-0.3, -0.25) is 9.59 Å². The second-order valence-corrected chi connectivity index (χ2v) is 5.49. The van der Waals surface area contributed by atoms with Crippen LogP contribution in [-0.2, 0) is 9.53 Å². The third-order valence-electron chi connectivity index (χ3n) is 3.81. The predicted octanol–water partition coefficient (Wildman–Crippen LogP) is -1.18. The Morgan fingerprint density at radius 1 is 1.41 bits per heavy atom. The van der Waals surface area contributed by atoms with E-state index >= 15 is 0 Å². The number of rotatable bonds is 7. The van der Waals surface area contributed by atoms with Gasteiger partial charge in [0.1, 0.15) is 0 Å². The second-order valence-electron chi connectivity index (χ2n) is 5.49. The van der Waals surface area contributed by atoms with Gasteiger partial charge in [0.05, 0.1) is 26.0 Å². The highest BCUT2D eigenvalue weighted by molar-refractivity contribution is 5.91. The summed E-state index contributed by atoms with van der Waals surface area (Å²) >= 11 is 0. The number of carbonyl (C=O) groups is 2. The zero-order valence-corrected chi connectivity index (χ0v) is 12.9. The standard InChI is InChI=1S/C15H23N3O4/c1-21-10-6-16-14(19)11-18-7-4-12(5-8-18)17-15(20)13-3-2-9-22-13/h2-3,9,12H,4-8,10-11H2,1H3,(H,16,19)(H,17,20)/p+1. The number of carbonyl (C=O) groups excluding carboxylic acids is 2. The van der Waals surface area contributed by atoms with Crippen molar-refractivity contribution in [2.45, 2.75) is 18.9 Å². The summed E-state index contributed by atoms with van der Waals surface area (Å²) in [7, 11) is 1.61. The Balaban J connectivity index is 1.65. The fraction of sp³-hybridized carbons (Fsp3) is 0.600. The maximum atomic E-state index is 11.9. The van der Waals surface area contributed by atoms with Crippen molar-refractivity contribution >= 4 is 11.8 Å². The molecule has 0 unspecified atom stereocenters. The molecule has 0 saturated carbocycles. The van der Waals surface area contributed by atoms with Crippen LogP contribution in [0.5, 0.6) is 0 Å². The number of piperidine rings is 1. The Kier molecular flexibility index (Phi) is 6.42. The van der Waals surface area contributed by atoms with Crippen molar-refractivity contribution in [3.05, 3.63) is 24.2 Å². The molecule has 122 valence electrons.